The summed E-state index contributed by atoms with van der Waals surface area (Å²) in [7, 11) is 0. The van der Waals surface area contributed by atoms with Crippen molar-refractivity contribution in [1.82, 2.24) is 0 Å². The molecule has 0 heterocycles. The van der Waals surface area contributed by atoms with Gasteiger partial charge in [0.05, 0.1) is 0 Å². The number of hydrogen-bond acceptors (Lipinski definition) is 1. The molecule has 19 heavy (non-hydrogen) atoms. The molecule has 0 fully saturated rings. The fraction of sp³-hybridized carbons (Fsp3) is 0.143. The highest BCUT2D eigenvalue weighted by atomic mass is 79.9. The lowest BCUT2D eigenvalue weighted by atomic mass is 10.2. The molecule has 1 nitrogen and oxygen atoms in total. The van der Waals surface area contributed by atoms with Crippen molar-refractivity contribution in [2.24, 2.45) is 0 Å². The van der Waals surface area contributed by atoms with Gasteiger partial charge in [0.2, 0.25) is 0 Å². The summed E-state index contributed by atoms with van der Waals surface area (Å²) in [6, 6.07) is 9.64. The molecule has 0 atom stereocenters. The van der Waals surface area contributed by atoms with Crippen LogP contribution in [-0.2, 0) is 11.9 Å². The molecule has 0 amide bonds. The smallest absolute Gasteiger partial charge is 0.124 e. The molecule has 100 valence electrons. The quantitative estimate of drug-likeness (QED) is 0.642. The first-order valence-corrected chi connectivity index (χ1v) is 7.39. The SMILES string of the molecule is Fc1ccc(OCc2ccc(Cl)cc2Cl)c(CBr)c1. The Balaban J connectivity index is 2.14. The summed E-state index contributed by atoms with van der Waals surface area (Å²) in [5, 5.41) is 1.65. The van der Waals surface area contributed by atoms with Gasteiger partial charge in [-0.05, 0) is 30.3 Å². The molecule has 0 bridgehead atoms. The minimum Gasteiger partial charge on any atom is -0.489 e. The van der Waals surface area contributed by atoms with E-state index in [1.165, 1.54) is 12.1 Å². The van der Waals surface area contributed by atoms with Crippen LogP contribution in [0.2, 0.25) is 10.0 Å². The lowest BCUT2D eigenvalue weighted by Gasteiger charge is -2.11. The van der Waals surface area contributed by atoms with E-state index in [9.17, 15) is 4.39 Å². The molecule has 2 rings (SSSR count). The van der Waals surface area contributed by atoms with Crippen LogP contribution in [0.15, 0.2) is 36.4 Å². The van der Waals surface area contributed by atoms with E-state index in [0.29, 0.717) is 27.7 Å². The third-order valence-corrected chi connectivity index (χ3v) is 3.76. The second-order valence-electron chi connectivity index (χ2n) is 3.91. The molecule has 0 aliphatic heterocycles. The van der Waals surface area contributed by atoms with Crippen molar-refractivity contribution < 1.29 is 9.13 Å². The predicted octanol–water partition coefficient (Wildman–Crippen LogP) is 5.61. The third-order valence-electron chi connectivity index (χ3n) is 2.56. The van der Waals surface area contributed by atoms with Crippen LogP contribution in [0.3, 0.4) is 0 Å². The summed E-state index contributed by atoms with van der Waals surface area (Å²) in [6.07, 6.45) is 0. The van der Waals surface area contributed by atoms with E-state index in [1.807, 2.05) is 6.07 Å². The summed E-state index contributed by atoms with van der Waals surface area (Å²) >= 11 is 15.2. The fourth-order valence-corrected chi connectivity index (χ4v) is 2.49. The largest absolute Gasteiger partial charge is 0.489 e. The van der Waals surface area contributed by atoms with Crippen LogP contribution >= 0.6 is 39.1 Å². The monoisotopic (exact) mass is 362 g/mol. The number of ether oxygens (including phenoxy) is 1. The Hall–Kier alpha value is -0.770. The molecule has 0 unspecified atom stereocenters. The molecule has 0 saturated heterocycles. The lowest BCUT2D eigenvalue weighted by Crippen LogP contribution is -1.99. The second-order valence-corrected chi connectivity index (χ2v) is 5.31. The van der Waals surface area contributed by atoms with Gasteiger partial charge in [0, 0.05) is 26.5 Å². The lowest BCUT2D eigenvalue weighted by molar-refractivity contribution is 0.303. The van der Waals surface area contributed by atoms with Gasteiger partial charge in [-0.1, -0.05) is 45.2 Å². The normalized spacial score (nSPS) is 10.5. The van der Waals surface area contributed by atoms with Gasteiger partial charge in [-0.2, -0.15) is 0 Å². The van der Waals surface area contributed by atoms with Gasteiger partial charge in [0.1, 0.15) is 18.2 Å². The maximum atomic E-state index is 13.1. The van der Waals surface area contributed by atoms with Crippen molar-refractivity contribution >= 4 is 39.1 Å². The second kappa shape index (κ2) is 6.60. The number of hydrogen-bond donors (Lipinski definition) is 0. The zero-order valence-corrected chi connectivity index (χ0v) is 12.9. The highest BCUT2D eigenvalue weighted by Crippen LogP contribution is 2.26. The predicted molar refractivity (Wildman–Crippen MR) is 79.8 cm³/mol. The molecule has 0 N–H and O–H groups in total. The zero-order chi connectivity index (χ0) is 13.8. The van der Waals surface area contributed by atoms with Crippen LogP contribution in [0.4, 0.5) is 4.39 Å². The molecule has 0 radical (unpaired) electrons. The molecule has 0 saturated carbocycles. The minimum absolute atomic E-state index is 0.286. The van der Waals surface area contributed by atoms with Crippen molar-refractivity contribution in [3.63, 3.8) is 0 Å². The van der Waals surface area contributed by atoms with Crippen molar-refractivity contribution in [1.29, 1.82) is 0 Å². The Morgan fingerprint density at radius 2 is 1.84 bits per heavy atom. The Kier molecular flexibility index (Phi) is 5.08. The first-order chi connectivity index (χ1) is 9.10. The Morgan fingerprint density at radius 3 is 2.53 bits per heavy atom. The minimum atomic E-state index is -0.286. The van der Waals surface area contributed by atoms with Gasteiger partial charge in [0.25, 0.3) is 0 Å². The van der Waals surface area contributed by atoms with E-state index in [4.69, 9.17) is 27.9 Å². The van der Waals surface area contributed by atoms with E-state index in [-0.39, 0.29) is 5.82 Å². The van der Waals surface area contributed by atoms with E-state index in [0.717, 1.165) is 11.1 Å². The molecule has 2 aromatic carbocycles. The van der Waals surface area contributed by atoms with Crippen LogP contribution in [0, 0.1) is 5.82 Å². The Labute approximate surface area is 129 Å². The van der Waals surface area contributed by atoms with Crippen LogP contribution in [0.5, 0.6) is 5.75 Å². The molecule has 0 aromatic heterocycles. The third kappa shape index (κ3) is 3.85. The van der Waals surface area contributed by atoms with Crippen molar-refractivity contribution in [2.45, 2.75) is 11.9 Å². The van der Waals surface area contributed by atoms with Gasteiger partial charge in [-0.3, -0.25) is 0 Å². The number of benzene rings is 2. The average Bonchev–Trinajstić information content (AvgIpc) is 2.39. The maximum Gasteiger partial charge on any atom is 0.124 e. The summed E-state index contributed by atoms with van der Waals surface area (Å²) in [4.78, 5) is 0. The fourth-order valence-electron chi connectivity index (χ4n) is 1.59. The van der Waals surface area contributed by atoms with Crippen LogP contribution in [-0.4, -0.2) is 0 Å². The van der Waals surface area contributed by atoms with Crippen molar-refractivity contribution in [3.05, 3.63) is 63.4 Å². The molecule has 0 spiro atoms. The molecule has 0 aliphatic rings. The average molecular weight is 364 g/mol. The van der Waals surface area contributed by atoms with Gasteiger partial charge in [-0.15, -0.1) is 0 Å². The standard InChI is InChI=1S/C14H10BrCl2FO/c15-7-10-5-12(18)3-4-14(10)19-8-9-1-2-11(16)6-13(9)17/h1-6H,7-8H2. The van der Waals surface area contributed by atoms with Gasteiger partial charge < -0.3 is 4.74 Å². The molecular formula is C14H10BrCl2FO. The summed E-state index contributed by atoms with van der Waals surface area (Å²) < 4.78 is 18.8. The molecular weight excluding hydrogens is 354 g/mol. The van der Waals surface area contributed by atoms with Crippen LogP contribution in [0.25, 0.3) is 0 Å². The van der Waals surface area contributed by atoms with E-state index >= 15 is 0 Å². The number of rotatable bonds is 4. The Bertz CT molecular complexity index is 590. The van der Waals surface area contributed by atoms with Crippen molar-refractivity contribution in [3.8, 4) is 5.75 Å². The van der Waals surface area contributed by atoms with E-state index in [2.05, 4.69) is 15.9 Å². The van der Waals surface area contributed by atoms with Crippen molar-refractivity contribution in [2.75, 3.05) is 0 Å². The molecule has 0 aliphatic carbocycles. The van der Waals surface area contributed by atoms with Crippen LogP contribution < -0.4 is 4.74 Å². The van der Waals surface area contributed by atoms with E-state index in [1.54, 1.807) is 18.2 Å². The van der Waals surface area contributed by atoms with Crippen LogP contribution in [0.1, 0.15) is 11.1 Å². The highest BCUT2D eigenvalue weighted by Gasteiger charge is 2.07. The van der Waals surface area contributed by atoms with E-state index < -0.39 is 0 Å². The zero-order valence-electron chi connectivity index (χ0n) is 9.80. The van der Waals surface area contributed by atoms with Gasteiger partial charge >= 0.3 is 0 Å². The topological polar surface area (TPSA) is 9.23 Å². The summed E-state index contributed by atoms with van der Waals surface area (Å²) in [6.45, 7) is 0.307. The first kappa shape index (κ1) is 14.6. The van der Waals surface area contributed by atoms with Gasteiger partial charge in [-0.25, -0.2) is 4.39 Å². The molecule has 5 heteroatoms. The number of halogens is 4. The number of alkyl halides is 1. The summed E-state index contributed by atoms with van der Waals surface area (Å²) in [5.74, 6) is 0.343. The molecule has 2 aromatic rings. The Morgan fingerprint density at radius 1 is 1.05 bits per heavy atom. The summed E-state index contributed by atoms with van der Waals surface area (Å²) in [5.41, 5.74) is 1.58. The van der Waals surface area contributed by atoms with Gasteiger partial charge in [0.15, 0.2) is 0 Å². The highest BCUT2D eigenvalue weighted by molar-refractivity contribution is 9.08. The maximum absolute atomic E-state index is 13.1. The first-order valence-electron chi connectivity index (χ1n) is 5.51.